The Morgan fingerprint density at radius 1 is 1.18 bits per heavy atom. The molecule has 1 atom stereocenters. The third kappa shape index (κ3) is 4.30. The molecule has 0 unspecified atom stereocenters. The van der Waals surface area contributed by atoms with Gasteiger partial charge >= 0.3 is 0 Å². The van der Waals surface area contributed by atoms with Crippen LogP contribution in [0.2, 0.25) is 0 Å². The van der Waals surface area contributed by atoms with E-state index in [4.69, 9.17) is 0 Å². The normalized spacial score (nSPS) is 19.6. The second kappa shape index (κ2) is 6.48. The van der Waals surface area contributed by atoms with Crippen LogP contribution in [0.15, 0.2) is 18.2 Å². The third-order valence-electron chi connectivity index (χ3n) is 3.89. The summed E-state index contributed by atoms with van der Waals surface area (Å²) in [6.45, 7) is 3.86. The van der Waals surface area contributed by atoms with E-state index in [1.807, 2.05) is 19.9 Å². The van der Waals surface area contributed by atoms with E-state index in [1.54, 1.807) is 12.1 Å². The van der Waals surface area contributed by atoms with Crippen molar-refractivity contribution < 1.29 is 18.0 Å². The second-order valence-electron chi connectivity index (χ2n) is 5.77. The number of nitrogens with one attached hydrogen (secondary N) is 2. The summed E-state index contributed by atoms with van der Waals surface area (Å²) in [6, 6.07) is 5.28. The zero-order valence-corrected chi connectivity index (χ0v) is 13.5. The molecule has 0 aliphatic carbocycles. The summed E-state index contributed by atoms with van der Waals surface area (Å²) in [7, 11) is -2.99. The van der Waals surface area contributed by atoms with Crippen LogP contribution in [0.3, 0.4) is 0 Å². The molecule has 0 aromatic heterocycles. The van der Waals surface area contributed by atoms with Gasteiger partial charge in [0.2, 0.25) is 5.91 Å². The topological polar surface area (TPSA) is 92.3 Å². The van der Waals surface area contributed by atoms with Crippen LogP contribution >= 0.6 is 0 Å². The molecule has 1 heterocycles. The van der Waals surface area contributed by atoms with Gasteiger partial charge in [-0.05, 0) is 49.4 Å². The van der Waals surface area contributed by atoms with Gasteiger partial charge in [0.15, 0.2) is 9.84 Å². The van der Waals surface area contributed by atoms with Crippen molar-refractivity contribution in [1.29, 1.82) is 0 Å². The monoisotopic (exact) mass is 324 g/mol. The standard InChI is InChI=1S/C15H20N2O4S/c1-10-3-4-13(7-11(10)2)15(19)17-16-14(18)8-12-5-6-22(20,21)9-12/h3-4,7,12H,5-6,8-9H2,1-2H3,(H,16,18)(H,17,19)/t12-/m0/s1. The molecule has 2 rings (SSSR count). The highest BCUT2D eigenvalue weighted by atomic mass is 32.2. The van der Waals surface area contributed by atoms with Gasteiger partial charge in [0.25, 0.3) is 5.91 Å². The molecule has 0 radical (unpaired) electrons. The highest BCUT2D eigenvalue weighted by molar-refractivity contribution is 7.91. The Morgan fingerprint density at radius 2 is 1.91 bits per heavy atom. The average Bonchev–Trinajstić information content (AvgIpc) is 2.78. The largest absolute Gasteiger partial charge is 0.273 e. The van der Waals surface area contributed by atoms with Crippen LogP contribution in [-0.4, -0.2) is 31.7 Å². The highest BCUT2D eigenvalue weighted by Crippen LogP contribution is 2.21. The zero-order valence-electron chi connectivity index (χ0n) is 12.7. The maximum absolute atomic E-state index is 11.9. The molecule has 2 amide bonds. The maximum Gasteiger partial charge on any atom is 0.269 e. The van der Waals surface area contributed by atoms with E-state index in [9.17, 15) is 18.0 Å². The molecule has 1 aliphatic heterocycles. The third-order valence-corrected chi connectivity index (χ3v) is 5.72. The number of hydrogen-bond acceptors (Lipinski definition) is 4. The Balaban J connectivity index is 1.83. The minimum absolute atomic E-state index is 0.0471. The predicted octanol–water partition coefficient (Wildman–Crippen LogP) is 0.889. The lowest BCUT2D eigenvalue weighted by Crippen LogP contribution is -2.42. The number of benzene rings is 1. The van der Waals surface area contributed by atoms with Crippen molar-refractivity contribution >= 4 is 21.7 Å². The van der Waals surface area contributed by atoms with Crippen molar-refractivity contribution in [2.24, 2.45) is 5.92 Å². The fourth-order valence-electron chi connectivity index (χ4n) is 2.43. The Bertz CT molecular complexity index is 697. The molecular weight excluding hydrogens is 304 g/mol. The minimum atomic E-state index is -2.99. The van der Waals surface area contributed by atoms with Gasteiger partial charge in [0, 0.05) is 12.0 Å². The lowest BCUT2D eigenvalue weighted by atomic mass is 10.1. The van der Waals surface area contributed by atoms with Gasteiger partial charge in [-0.3, -0.25) is 20.4 Å². The fourth-order valence-corrected chi connectivity index (χ4v) is 4.29. The number of aryl methyl sites for hydroxylation is 2. The van der Waals surface area contributed by atoms with E-state index in [0.29, 0.717) is 12.0 Å². The molecule has 7 heteroatoms. The zero-order chi connectivity index (χ0) is 16.3. The molecule has 0 saturated carbocycles. The SMILES string of the molecule is Cc1ccc(C(=O)NNC(=O)C[C@@H]2CCS(=O)(=O)C2)cc1C. The first-order chi connectivity index (χ1) is 10.3. The van der Waals surface area contributed by atoms with Gasteiger partial charge in [0.1, 0.15) is 0 Å². The Kier molecular flexibility index (Phi) is 4.85. The number of hydrazine groups is 1. The van der Waals surface area contributed by atoms with Gasteiger partial charge in [-0.15, -0.1) is 0 Å². The molecule has 1 aromatic carbocycles. The summed E-state index contributed by atoms with van der Waals surface area (Å²) in [4.78, 5) is 23.7. The second-order valence-corrected chi connectivity index (χ2v) is 8.00. The summed E-state index contributed by atoms with van der Waals surface area (Å²) in [5.74, 6) is -0.746. The van der Waals surface area contributed by atoms with Gasteiger partial charge < -0.3 is 0 Å². The van der Waals surface area contributed by atoms with Crippen LogP contribution in [0.4, 0.5) is 0 Å². The van der Waals surface area contributed by atoms with Crippen LogP contribution in [0, 0.1) is 19.8 Å². The van der Waals surface area contributed by atoms with Gasteiger partial charge in [-0.1, -0.05) is 6.07 Å². The Labute approximate surface area is 130 Å². The van der Waals surface area contributed by atoms with Crippen LogP contribution in [0.1, 0.15) is 34.3 Å². The molecule has 2 N–H and O–H groups in total. The minimum Gasteiger partial charge on any atom is -0.273 e. The quantitative estimate of drug-likeness (QED) is 0.808. The molecule has 1 aromatic rings. The highest BCUT2D eigenvalue weighted by Gasteiger charge is 2.29. The number of rotatable bonds is 3. The molecule has 1 aliphatic rings. The number of carbonyl (C=O) groups is 2. The first-order valence-corrected chi connectivity index (χ1v) is 8.96. The summed E-state index contributed by atoms with van der Waals surface area (Å²) in [5, 5.41) is 0. The summed E-state index contributed by atoms with van der Waals surface area (Å²) < 4.78 is 22.7. The lowest BCUT2D eigenvalue weighted by Gasteiger charge is -2.10. The fraction of sp³-hybridized carbons (Fsp3) is 0.467. The number of sulfone groups is 1. The molecule has 0 spiro atoms. The van der Waals surface area contributed by atoms with E-state index < -0.39 is 15.7 Å². The number of carbonyl (C=O) groups excluding carboxylic acids is 2. The van der Waals surface area contributed by atoms with Crippen LogP contribution in [-0.2, 0) is 14.6 Å². The van der Waals surface area contributed by atoms with E-state index in [-0.39, 0.29) is 29.8 Å². The van der Waals surface area contributed by atoms with Crippen molar-refractivity contribution in [2.45, 2.75) is 26.7 Å². The van der Waals surface area contributed by atoms with Crippen molar-refractivity contribution in [1.82, 2.24) is 10.9 Å². The van der Waals surface area contributed by atoms with Gasteiger partial charge in [-0.25, -0.2) is 8.42 Å². The molecular formula is C15H20N2O4S. The van der Waals surface area contributed by atoms with Crippen molar-refractivity contribution in [3.63, 3.8) is 0 Å². The van der Waals surface area contributed by atoms with E-state index >= 15 is 0 Å². The van der Waals surface area contributed by atoms with Crippen LogP contribution in [0.25, 0.3) is 0 Å². The predicted molar refractivity (Wildman–Crippen MR) is 82.9 cm³/mol. The summed E-state index contributed by atoms with van der Waals surface area (Å²) >= 11 is 0. The lowest BCUT2D eigenvalue weighted by molar-refractivity contribution is -0.122. The Morgan fingerprint density at radius 3 is 2.50 bits per heavy atom. The Hall–Kier alpha value is -1.89. The number of hydrogen-bond donors (Lipinski definition) is 2. The molecule has 6 nitrogen and oxygen atoms in total. The van der Waals surface area contributed by atoms with Crippen molar-refractivity contribution in [3.05, 3.63) is 34.9 Å². The van der Waals surface area contributed by atoms with Gasteiger partial charge in [0.05, 0.1) is 11.5 Å². The molecule has 1 saturated heterocycles. The van der Waals surface area contributed by atoms with Crippen LogP contribution < -0.4 is 10.9 Å². The average molecular weight is 324 g/mol. The van der Waals surface area contributed by atoms with E-state index in [1.165, 1.54) is 0 Å². The summed E-state index contributed by atoms with van der Waals surface area (Å²) in [6.07, 6.45) is 0.604. The summed E-state index contributed by atoms with van der Waals surface area (Å²) in [5.41, 5.74) is 7.23. The van der Waals surface area contributed by atoms with Crippen LogP contribution in [0.5, 0.6) is 0 Å². The number of amides is 2. The van der Waals surface area contributed by atoms with Crippen molar-refractivity contribution in [3.8, 4) is 0 Å². The molecule has 1 fully saturated rings. The smallest absolute Gasteiger partial charge is 0.269 e. The molecule has 22 heavy (non-hydrogen) atoms. The first kappa shape index (κ1) is 16.5. The van der Waals surface area contributed by atoms with Crippen molar-refractivity contribution in [2.75, 3.05) is 11.5 Å². The first-order valence-electron chi connectivity index (χ1n) is 7.14. The van der Waals surface area contributed by atoms with Gasteiger partial charge in [-0.2, -0.15) is 0 Å². The molecule has 120 valence electrons. The van der Waals surface area contributed by atoms with E-state index in [0.717, 1.165) is 11.1 Å². The maximum atomic E-state index is 11.9. The van der Waals surface area contributed by atoms with E-state index in [2.05, 4.69) is 10.9 Å². The molecule has 0 bridgehead atoms.